The summed E-state index contributed by atoms with van der Waals surface area (Å²) >= 11 is 1.43. The van der Waals surface area contributed by atoms with Crippen LogP contribution >= 0.6 is 11.8 Å². The van der Waals surface area contributed by atoms with E-state index in [0.29, 0.717) is 5.17 Å². The van der Waals surface area contributed by atoms with Crippen LogP contribution in [0.4, 0.5) is 5.69 Å². The SMILES string of the molecule is CC[C@@H](C)C(=O)N=C1S[C@H]2CS(=O)(=O)C[C@@H]2N1c1cccc(C)c1C. The molecule has 2 aliphatic heterocycles. The molecule has 0 unspecified atom stereocenters. The second-order valence-electron chi connectivity index (χ2n) is 6.93. The highest BCUT2D eigenvalue weighted by Gasteiger charge is 2.49. The molecule has 0 aromatic heterocycles. The van der Waals surface area contributed by atoms with Crippen molar-refractivity contribution in [3.05, 3.63) is 29.3 Å². The van der Waals surface area contributed by atoms with Gasteiger partial charge >= 0.3 is 0 Å². The van der Waals surface area contributed by atoms with E-state index in [4.69, 9.17) is 0 Å². The number of amidine groups is 1. The molecule has 7 heteroatoms. The summed E-state index contributed by atoms with van der Waals surface area (Å²) in [5.74, 6) is 0.00956. The minimum absolute atomic E-state index is 0.0617. The first-order valence-electron chi connectivity index (χ1n) is 8.58. The first-order valence-corrected chi connectivity index (χ1v) is 11.3. The van der Waals surface area contributed by atoms with Gasteiger partial charge in [0.2, 0.25) is 0 Å². The van der Waals surface area contributed by atoms with Crippen molar-refractivity contribution < 1.29 is 13.2 Å². The molecule has 0 saturated carbocycles. The van der Waals surface area contributed by atoms with Gasteiger partial charge in [0.25, 0.3) is 5.91 Å². The molecule has 0 radical (unpaired) electrons. The van der Waals surface area contributed by atoms with E-state index in [1.165, 1.54) is 11.8 Å². The topological polar surface area (TPSA) is 66.8 Å². The van der Waals surface area contributed by atoms with E-state index in [0.717, 1.165) is 23.2 Å². The molecule has 1 aromatic carbocycles. The molecule has 2 fully saturated rings. The molecule has 136 valence electrons. The monoisotopic (exact) mass is 380 g/mol. The van der Waals surface area contributed by atoms with E-state index in [2.05, 4.69) is 4.99 Å². The number of hydrogen-bond donors (Lipinski definition) is 0. The highest BCUT2D eigenvalue weighted by molar-refractivity contribution is 8.16. The van der Waals surface area contributed by atoms with Gasteiger partial charge in [0.05, 0.1) is 17.5 Å². The molecule has 2 heterocycles. The Morgan fingerprint density at radius 1 is 1.36 bits per heavy atom. The van der Waals surface area contributed by atoms with Crippen molar-refractivity contribution in [3.8, 4) is 0 Å². The fourth-order valence-corrected chi connectivity index (χ4v) is 7.13. The number of nitrogens with zero attached hydrogens (tertiary/aromatic N) is 2. The van der Waals surface area contributed by atoms with Crippen LogP contribution in [-0.4, -0.2) is 42.3 Å². The standard InChI is InChI=1S/C18H24N2O3S2/c1-5-11(2)17(21)19-18-20(14-8-6-7-12(3)13(14)4)15-9-25(22,23)10-16(15)24-18/h6-8,11,15-16H,5,9-10H2,1-4H3/t11-,15+,16+/m1/s1. The molecule has 3 rings (SSSR count). The van der Waals surface area contributed by atoms with Gasteiger partial charge in [-0.3, -0.25) is 4.79 Å². The van der Waals surface area contributed by atoms with Crippen molar-refractivity contribution >= 4 is 38.4 Å². The minimum atomic E-state index is -3.04. The highest BCUT2D eigenvalue weighted by Crippen LogP contribution is 2.42. The average molecular weight is 381 g/mol. The lowest BCUT2D eigenvalue weighted by atomic mass is 10.1. The fraction of sp³-hybridized carbons (Fsp3) is 0.556. The number of amides is 1. The molecule has 0 aliphatic carbocycles. The summed E-state index contributed by atoms with van der Waals surface area (Å²) < 4.78 is 24.2. The Kier molecular flexibility index (Phi) is 4.99. The second-order valence-corrected chi connectivity index (χ2v) is 10.3. The molecule has 1 aromatic rings. The van der Waals surface area contributed by atoms with Crippen LogP contribution in [0, 0.1) is 19.8 Å². The second kappa shape index (κ2) is 6.76. The van der Waals surface area contributed by atoms with Gasteiger partial charge in [-0.15, -0.1) is 0 Å². The molecule has 1 amide bonds. The lowest BCUT2D eigenvalue weighted by molar-refractivity contribution is -0.121. The maximum atomic E-state index is 12.4. The Hall–Kier alpha value is -1.34. The third-order valence-corrected chi connectivity index (χ3v) is 8.35. The third-order valence-electron chi connectivity index (χ3n) is 5.14. The normalized spacial score (nSPS) is 27.5. The van der Waals surface area contributed by atoms with Crippen LogP contribution in [0.5, 0.6) is 0 Å². The number of carbonyl (C=O) groups is 1. The maximum absolute atomic E-state index is 12.4. The number of hydrogen-bond acceptors (Lipinski definition) is 4. The van der Waals surface area contributed by atoms with Crippen LogP contribution in [0.3, 0.4) is 0 Å². The Morgan fingerprint density at radius 2 is 2.08 bits per heavy atom. The number of anilines is 1. The van der Waals surface area contributed by atoms with Crippen LogP contribution in [0.1, 0.15) is 31.4 Å². The lowest BCUT2D eigenvalue weighted by Gasteiger charge is -2.27. The molecule has 2 aliphatic rings. The largest absolute Gasteiger partial charge is 0.315 e. The predicted molar refractivity (Wildman–Crippen MR) is 104 cm³/mol. The number of rotatable bonds is 3. The van der Waals surface area contributed by atoms with Crippen LogP contribution in [0.25, 0.3) is 0 Å². The zero-order chi connectivity index (χ0) is 18.4. The summed E-state index contributed by atoms with van der Waals surface area (Å²) in [6.07, 6.45) is 0.741. The zero-order valence-electron chi connectivity index (χ0n) is 15.0. The number of benzene rings is 1. The van der Waals surface area contributed by atoms with E-state index < -0.39 is 9.84 Å². The van der Waals surface area contributed by atoms with Crippen LogP contribution < -0.4 is 4.90 Å². The van der Waals surface area contributed by atoms with E-state index >= 15 is 0 Å². The Labute approximate surface area is 153 Å². The summed E-state index contributed by atoms with van der Waals surface area (Å²) in [5.41, 5.74) is 3.18. The Morgan fingerprint density at radius 3 is 2.76 bits per heavy atom. The first-order chi connectivity index (χ1) is 11.7. The van der Waals surface area contributed by atoms with Gasteiger partial charge in [-0.2, -0.15) is 4.99 Å². The van der Waals surface area contributed by atoms with E-state index in [9.17, 15) is 13.2 Å². The summed E-state index contributed by atoms with van der Waals surface area (Å²) in [7, 11) is -3.04. The van der Waals surface area contributed by atoms with Gasteiger partial charge in [0, 0.05) is 16.9 Å². The van der Waals surface area contributed by atoms with Crippen molar-refractivity contribution in [2.24, 2.45) is 10.9 Å². The number of aliphatic imine (C=N–C) groups is 1. The van der Waals surface area contributed by atoms with Crippen molar-refractivity contribution in [3.63, 3.8) is 0 Å². The van der Waals surface area contributed by atoms with E-state index in [-0.39, 0.29) is 34.6 Å². The van der Waals surface area contributed by atoms with E-state index in [1.807, 2.05) is 50.8 Å². The molecule has 0 N–H and O–H groups in total. The van der Waals surface area contributed by atoms with Crippen LogP contribution in [0.2, 0.25) is 0 Å². The third kappa shape index (κ3) is 3.49. The van der Waals surface area contributed by atoms with Gasteiger partial charge < -0.3 is 4.90 Å². The van der Waals surface area contributed by atoms with Crippen molar-refractivity contribution in [1.82, 2.24) is 0 Å². The first kappa shape index (κ1) is 18.5. The van der Waals surface area contributed by atoms with Gasteiger partial charge in [-0.1, -0.05) is 37.7 Å². The summed E-state index contributed by atoms with van der Waals surface area (Å²) in [6.45, 7) is 7.90. The minimum Gasteiger partial charge on any atom is -0.315 e. The van der Waals surface area contributed by atoms with Crippen LogP contribution in [0.15, 0.2) is 23.2 Å². The molecule has 0 bridgehead atoms. The fourth-order valence-electron chi connectivity index (χ4n) is 3.22. The molecule has 2 saturated heterocycles. The lowest BCUT2D eigenvalue weighted by Crippen LogP contribution is -2.38. The predicted octanol–water partition coefficient (Wildman–Crippen LogP) is 2.95. The molecule has 25 heavy (non-hydrogen) atoms. The summed E-state index contributed by atoms with van der Waals surface area (Å²) in [4.78, 5) is 18.7. The van der Waals surface area contributed by atoms with Crippen molar-refractivity contribution in [2.45, 2.75) is 45.4 Å². The Bertz CT molecular complexity index is 833. The van der Waals surface area contributed by atoms with Gasteiger partial charge in [0.1, 0.15) is 0 Å². The summed E-state index contributed by atoms with van der Waals surface area (Å²) in [5, 5.41) is 0.581. The highest BCUT2D eigenvalue weighted by atomic mass is 32.2. The quantitative estimate of drug-likeness (QED) is 0.806. The van der Waals surface area contributed by atoms with Gasteiger partial charge in [-0.05, 0) is 37.5 Å². The number of thioether (sulfide) groups is 1. The molecule has 3 atom stereocenters. The van der Waals surface area contributed by atoms with Crippen molar-refractivity contribution in [2.75, 3.05) is 16.4 Å². The van der Waals surface area contributed by atoms with Gasteiger partial charge in [0.15, 0.2) is 15.0 Å². The number of fused-ring (bicyclic) bond motifs is 1. The molecular formula is C18H24N2O3S2. The zero-order valence-corrected chi connectivity index (χ0v) is 16.7. The average Bonchev–Trinajstić information content (AvgIpc) is 3.00. The number of carbonyl (C=O) groups excluding carboxylic acids is 1. The maximum Gasteiger partial charge on any atom is 0.250 e. The molecular weight excluding hydrogens is 356 g/mol. The van der Waals surface area contributed by atoms with Crippen LogP contribution in [-0.2, 0) is 14.6 Å². The smallest absolute Gasteiger partial charge is 0.250 e. The van der Waals surface area contributed by atoms with Crippen molar-refractivity contribution in [1.29, 1.82) is 0 Å². The van der Waals surface area contributed by atoms with E-state index in [1.54, 1.807) is 0 Å². The summed E-state index contributed by atoms with van der Waals surface area (Å²) in [6, 6.07) is 5.83. The molecule has 5 nitrogen and oxygen atoms in total. The Balaban J connectivity index is 2.06. The van der Waals surface area contributed by atoms with Gasteiger partial charge in [-0.25, -0.2) is 8.42 Å². The number of aryl methyl sites for hydroxylation is 1. The number of sulfone groups is 1. The molecule has 0 spiro atoms.